The number of halogens is 1. The van der Waals surface area contributed by atoms with E-state index in [0.717, 1.165) is 22.9 Å². The van der Waals surface area contributed by atoms with Crippen molar-refractivity contribution < 1.29 is 4.79 Å². The van der Waals surface area contributed by atoms with Crippen molar-refractivity contribution in [2.24, 2.45) is 5.73 Å². The van der Waals surface area contributed by atoms with Crippen LogP contribution in [0.2, 0.25) is 5.02 Å². The lowest BCUT2D eigenvalue weighted by molar-refractivity contribution is 0.0929. The van der Waals surface area contributed by atoms with Crippen LogP contribution in [0.4, 0.5) is 0 Å². The topological polar surface area (TPSA) is 70.9 Å². The number of carbonyl (C=O) groups excluding carboxylic acids is 1. The molecule has 0 aliphatic heterocycles. The fourth-order valence-electron chi connectivity index (χ4n) is 3.24. The Balaban J connectivity index is 1.56. The number of aromatic nitrogens is 1. The van der Waals surface area contributed by atoms with Gasteiger partial charge in [-0.05, 0) is 41.8 Å². The molecule has 4 N–H and O–H groups in total. The lowest BCUT2D eigenvalue weighted by atomic mass is 10.1. The summed E-state index contributed by atoms with van der Waals surface area (Å²) in [5, 5.41) is 4.61. The van der Waals surface area contributed by atoms with Gasteiger partial charge in [-0.2, -0.15) is 0 Å². The summed E-state index contributed by atoms with van der Waals surface area (Å²) in [6, 6.07) is 15.1. The highest BCUT2D eigenvalue weighted by Crippen LogP contribution is 2.29. The summed E-state index contributed by atoms with van der Waals surface area (Å²) in [5.74, 6) is -0.148. The normalized spacial score (nSPS) is 19.7. The molecule has 4 nitrogen and oxygen atoms in total. The molecular weight excluding hydrogens is 310 g/mol. The number of hydrogen-bond donors (Lipinski definition) is 3. The molecule has 4 rings (SSSR count). The van der Waals surface area contributed by atoms with E-state index in [1.807, 2.05) is 36.4 Å². The average Bonchev–Trinajstić information content (AvgIpc) is 3.09. The number of aromatic amines is 1. The highest BCUT2D eigenvalue weighted by molar-refractivity contribution is 6.31. The third-order valence-electron chi connectivity index (χ3n) is 4.43. The second-order valence-electron chi connectivity index (χ2n) is 5.92. The van der Waals surface area contributed by atoms with Crippen molar-refractivity contribution in [3.05, 3.63) is 70.4 Å². The molecule has 0 spiro atoms. The van der Waals surface area contributed by atoms with E-state index < -0.39 is 0 Å². The van der Waals surface area contributed by atoms with Crippen molar-refractivity contribution in [2.45, 2.75) is 18.5 Å². The van der Waals surface area contributed by atoms with Crippen molar-refractivity contribution >= 4 is 28.4 Å². The van der Waals surface area contributed by atoms with Gasteiger partial charge in [-0.15, -0.1) is 0 Å². The summed E-state index contributed by atoms with van der Waals surface area (Å²) in [5.41, 5.74) is 9.99. The van der Waals surface area contributed by atoms with Gasteiger partial charge in [0.1, 0.15) is 5.69 Å². The average molecular weight is 326 g/mol. The first kappa shape index (κ1) is 14.3. The van der Waals surface area contributed by atoms with E-state index in [4.69, 9.17) is 17.3 Å². The predicted octanol–water partition coefficient (Wildman–Crippen LogP) is 3.18. The van der Waals surface area contributed by atoms with Gasteiger partial charge in [-0.3, -0.25) is 4.79 Å². The molecule has 0 fully saturated rings. The van der Waals surface area contributed by atoms with Crippen molar-refractivity contribution in [3.63, 3.8) is 0 Å². The number of rotatable bonds is 2. The Kier molecular flexibility index (Phi) is 3.36. The number of nitrogens with two attached hydrogens (primary N) is 1. The van der Waals surface area contributed by atoms with Gasteiger partial charge in [0.25, 0.3) is 5.91 Å². The largest absolute Gasteiger partial charge is 0.351 e. The first-order chi connectivity index (χ1) is 11.1. The molecule has 23 heavy (non-hydrogen) atoms. The Morgan fingerprint density at radius 1 is 1.22 bits per heavy atom. The molecule has 1 amide bonds. The smallest absolute Gasteiger partial charge is 0.268 e. The molecule has 5 heteroatoms. The maximum Gasteiger partial charge on any atom is 0.268 e. The van der Waals surface area contributed by atoms with Gasteiger partial charge >= 0.3 is 0 Å². The van der Waals surface area contributed by atoms with Gasteiger partial charge in [-0.1, -0.05) is 35.9 Å². The number of fused-ring (bicyclic) bond motifs is 2. The Morgan fingerprint density at radius 3 is 2.87 bits per heavy atom. The van der Waals surface area contributed by atoms with Gasteiger partial charge < -0.3 is 16.0 Å². The number of hydrogen-bond acceptors (Lipinski definition) is 2. The van der Waals surface area contributed by atoms with Gasteiger partial charge in [0.15, 0.2) is 0 Å². The summed E-state index contributed by atoms with van der Waals surface area (Å²) < 4.78 is 0. The first-order valence-electron chi connectivity index (χ1n) is 7.54. The zero-order chi connectivity index (χ0) is 16.0. The SMILES string of the molecule is N[C@@H]1c2ccccc2C[C@H]1NC(=O)c1cc2cc(Cl)ccc2[nH]1. The second kappa shape index (κ2) is 5.41. The lowest BCUT2D eigenvalue weighted by Crippen LogP contribution is -2.40. The molecule has 1 aliphatic carbocycles. The number of nitrogens with one attached hydrogen (secondary N) is 2. The zero-order valence-corrected chi connectivity index (χ0v) is 13.1. The highest BCUT2D eigenvalue weighted by atomic mass is 35.5. The summed E-state index contributed by atoms with van der Waals surface area (Å²) in [6.45, 7) is 0. The van der Waals surface area contributed by atoms with Crippen LogP contribution < -0.4 is 11.1 Å². The molecule has 0 bridgehead atoms. The standard InChI is InChI=1S/C18H16ClN3O/c19-12-5-6-14-11(7-12)9-16(21-14)18(23)22-15-8-10-3-1-2-4-13(10)17(15)20/h1-7,9,15,17,21H,8,20H2,(H,22,23)/t15-,17-/m1/s1. The van der Waals surface area contributed by atoms with Crippen LogP contribution in [-0.2, 0) is 6.42 Å². The molecule has 1 aliphatic rings. The minimum atomic E-state index is -0.172. The van der Waals surface area contributed by atoms with Crippen LogP contribution in [-0.4, -0.2) is 16.9 Å². The van der Waals surface area contributed by atoms with Crippen LogP contribution in [0.15, 0.2) is 48.5 Å². The van der Waals surface area contributed by atoms with Crippen LogP contribution in [0.5, 0.6) is 0 Å². The van der Waals surface area contributed by atoms with Crippen LogP contribution in [0.3, 0.4) is 0 Å². The van der Waals surface area contributed by atoms with Gasteiger partial charge in [0.2, 0.25) is 0 Å². The van der Waals surface area contributed by atoms with Crippen LogP contribution in [0, 0.1) is 0 Å². The zero-order valence-electron chi connectivity index (χ0n) is 12.3. The van der Waals surface area contributed by atoms with Crippen molar-refractivity contribution in [1.82, 2.24) is 10.3 Å². The molecule has 0 radical (unpaired) electrons. The summed E-state index contributed by atoms with van der Waals surface area (Å²) in [4.78, 5) is 15.6. The van der Waals surface area contributed by atoms with E-state index in [0.29, 0.717) is 10.7 Å². The van der Waals surface area contributed by atoms with Crippen LogP contribution >= 0.6 is 11.6 Å². The van der Waals surface area contributed by atoms with Crippen molar-refractivity contribution in [3.8, 4) is 0 Å². The van der Waals surface area contributed by atoms with E-state index in [1.54, 1.807) is 6.07 Å². The summed E-state index contributed by atoms with van der Waals surface area (Å²) in [6.07, 6.45) is 0.759. The fourth-order valence-corrected chi connectivity index (χ4v) is 3.42. The third-order valence-corrected chi connectivity index (χ3v) is 4.67. The molecule has 1 aromatic heterocycles. The molecule has 2 aromatic carbocycles. The number of carbonyl (C=O) groups is 1. The molecular formula is C18H16ClN3O. The molecule has 2 atom stereocenters. The number of benzene rings is 2. The molecule has 1 heterocycles. The monoisotopic (exact) mass is 325 g/mol. The number of amides is 1. The maximum atomic E-state index is 12.5. The Bertz CT molecular complexity index is 902. The van der Waals surface area contributed by atoms with E-state index in [1.165, 1.54) is 5.56 Å². The van der Waals surface area contributed by atoms with Crippen LogP contribution in [0.1, 0.15) is 27.7 Å². The first-order valence-corrected chi connectivity index (χ1v) is 7.92. The number of H-pyrrole nitrogens is 1. The van der Waals surface area contributed by atoms with Crippen LogP contribution in [0.25, 0.3) is 10.9 Å². The van der Waals surface area contributed by atoms with Gasteiger partial charge in [0.05, 0.1) is 12.1 Å². The summed E-state index contributed by atoms with van der Waals surface area (Å²) in [7, 11) is 0. The minimum absolute atomic E-state index is 0.0881. The summed E-state index contributed by atoms with van der Waals surface area (Å²) >= 11 is 5.98. The van der Waals surface area contributed by atoms with Gasteiger partial charge in [0, 0.05) is 15.9 Å². The second-order valence-corrected chi connectivity index (χ2v) is 6.36. The van der Waals surface area contributed by atoms with Crippen molar-refractivity contribution in [2.75, 3.05) is 0 Å². The maximum absolute atomic E-state index is 12.5. The van der Waals surface area contributed by atoms with E-state index >= 15 is 0 Å². The Morgan fingerprint density at radius 2 is 2.04 bits per heavy atom. The lowest BCUT2D eigenvalue weighted by Gasteiger charge is -2.17. The quantitative estimate of drug-likeness (QED) is 0.677. The molecule has 3 aromatic rings. The molecule has 0 saturated heterocycles. The van der Waals surface area contributed by atoms with Gasteiger partial charge in [-0.25, -0.2) is 0 Å². The molecule has 0 unspecified atom stereocenters. The third kappa shape index (κ3) is 2.50. The highest BCUT2D eigenvalue weighted by Gasteiger charge is 2.30. The molecule has 116 valence electrons. The van der Waals surface area contributed by atoms with E-state index in [-0.39, 0.29) is 18.0 Å². The minimum Gasteiger partial charge on any atom is -0.351 e. The van der Waals surface area contributed by atoms with E-state index in [2.05, 4.69) is 16.4 Å². The predicted molar refractivity (Wildman–Crippen MR) is 91.6 cm³/mol. The fraction of sp³-hybridized carbons (Fsp3) is 0.167. The Labute approximate surface area is 138 Å². The van der Waals surface area contributed by atoms with Crippen molar-refractivity contribution in [1.29, 1.82) is 0 Å². The van der Waals surface area contributed by atoms with E-state index in [9.17, 15) is 4.79 Å². The Hall–Kier alpha value is -2.30. The molecule has 0 saturated carbocycles.